The van der Waals surface area contributed by atoms with E-state index >= 15 is 0 Å². The first-order valence-corrected chi connectivity index (χ1v) is 6.57. The molecule has 0 aliphatic heterocycles. The van der Waals surface area contributed by atoms with Gasteiger partial charge in [-0.1, -0.05) is 11.6 Å². The second kappa shape index (κ2) is 5.46. The Hall–Kier alpha value is -1.45. The predicted molar refractivity (Wildman–Crippen MR) is 83.0 cm³/mol. The van der Waals surface area contributed by atoms with Gasteiger partial charge < -0.3 is 11.1 Å². The molecule has 3 nitrogen and oxygen atoms in total. The van der Waals surface area contributed by atoms with E-state index in [4.69, 9.17) is 22.6 Å². The highest BCUT2D eigenvalue weighted by Gasteiger charge is 2.03. The van der Waals surface area contributed by atoms with Gasteiger partial charge in [0.05, 0.1) is 16.9 Å². The fraction of sp³-hybridized carbons (Fsp3) is 0. The maximum atomic E-state index is 8.81. The van der Waals surface area contributed by atoms with Gasteiger partial charge in [-0.3, -0.25) is 0 Å². The summed E-state index contributed by atoms with van der Waals surface area (Å²) in [7, 11) is 0. The van der Waals surface area contributed by atoms with Crippen LogP contribution in [0.4, 0.5) is 17.1 Å². The molecule has 0 aliphatic rings. The minimum absolute atomic E-state index is 0.464. The van der Waals surface area contributed by atoms with Gasteiger partial charge in [0.2, 0.25) is 0 Å². The summed E-state index contributed by atoms with van der Waals surface area (Å²) >= 11 is 8.10. The fourth-order valence-electron chi connectivity index (χ4n) is 1.49. The summed E-state index contributed by atoms with van der Waals surface area (Å²) in [5, 5.41) is 12.7. The molecule has 0 aromatic heterocycles. The Balaban J connectivity index is 2.29. The fourth-order valence-corrected chi connectivity index (χ4v) is 2.49. The van der Waals surface area contributed by atoms with Crippen molar-refractivity contribution in [2.24, 2.45) is 0 Å². The molecule has 0 spiro atoms. The molecular weight excluding hydrogens is 361 g/mol. The molecule has 0 fully saturated rings. The van der Waals surface area contributed by atoms with Crippen molar-refractivity contribution in [3.63, 3.8) is 0 Å². The Bertz CT molecular complexity index is 635. The third kappa shape index (κ3) is 2.86. The molecule has 5 heteroatoms. The molecule has 0 bridgehead atoms. The number of hydrogen-bond acceptors (Lipinski definition) is 3. The van der Waals surface area contributed by atoms with E-state index in [2.05, 4.69) is 27.9 Å². The van der Waals surface area contributed by atoms with Crippen LogP contribution in [0.1, 0.15) is 5.56 Å². The third-order valence-corrected chi connectivity index (χ3v) is 3.51. The molecule has 2 aromatic carbocycles. The lowest BCUT2D eigenvalue weighted by Gasteiger charge is -2.10. The van der Waals surface area contributed by atoms with Gasteiger partial charge in [0.1, 0.15) is 6.07 Å². The number of nitrogens with one attached hydrogen (secondary N) is 1. The van der Waals surface area contributed by atoms with Crippen LogP contribution in [0, 0.1) is 14.9 Å². The van der Waals surface area contributed by atoms with Gasteiger partial charge in [-0.25, -0.2) is 0 Å². The van der Waals surface area contributed by atoms with Crippen molar-refractivity contribution in [2.75, 3.05) is 11.1 Å². The average Bonchev–Trinajstić information content (AvgIpc) is 2.33. The highest BCUT2D eigenvalue weighted by molar-refractivity contribution is 14.1. The smallest absolute Gasteiger partial charge is 0.101 e. The molecule has 0 radical (unpaired) electrons. The van der Waals surface area contributed by atoms with Crippen molar-refractivity contribution in [1.29, 1.82) is 5.26 Å². The van der Waals surface area contributed by atoms with Crippen molar-refractivity contribution in [3.05, 3.63) is 50.6 Å². The average molecular weight is 370 g/mol. The van der Waals surface area contributed by atoms with Crippen LogP contribution >= 0.6 is 34.2 Å². The zero-order chi connectivity index (χ0) is 13.1. The van der Waals surface area contributed by atoms with Crippen molar-refractivity contribution < 1.29 is 0 Å². The maximum absolute atomic E-state index is 8.81. The number of nitrogens with zero attached hydrogens (tertiary/aromatic N) is 1. The monoisotopic (exact) mass is 369 g/mol. The standard InChI is InChI=1S/C13H9ClIN3/c14-9-2-4-13(11(15)5-9)18-10-3-1-8(7-16)12(17)6-10/h1-6,18H,17H2. The third-order valence-electron chi connectivity index (χ3n) is 2.38. The largest absolute Gasteiger partial charge is 0.398 e. The molecule has 0 aliphatic carbocycles. The van der Waals surface area contributed by atoms with E-state index in [-0.39, 0.29) is 0 Å². The normalized spacial score (nSPS) is 9.83. The quantitative estimate of drug-likeness (QED) is 0.618. The highest BCUT2D eigenvalue weighted by atomic mass is 127. The van der Waals surface area contributed by atoms with Gasteiger partial charge in [-0.05, 0) is 59.0 Å². The Labute approximate surface area is 124 Å². The Morgan fingerprint density at radius 1 is 1.22 bits per heavy atom. The number of nitriles is 1. The lowest BCUT2D eigenvalue weighted by Crippen LogP contribution is -1.96. The van der Waals surface area contributed by atoms with Gasteiger partial charge in [-0.2, -0.15) is 5.26 Å². The number of nitrogen functional groups attached to an aromatic ring is 1. The van der Waals surface area contributed by atoms with Crippen LogP contribution in [-0.2, 0) is 0 Å². The summed E-state index contributed by atoms with van der Waals surface area (Å²) in [5.41, 5.74) is 8.49. The summed E-state index contributed by atoms with van der Waals surface area (Å²) in [6.45, 7) is 0. The molecule has 0 unspecified atom stereocenters. The number of anilines is 3. The summed E-state index contributed by atoms with van der Waals surface area (Å²) in [4.78, 5) is 0. The molecule has 0 amide bonds. The molecule has 0 saturated carbocycles. The Morgan fingerprint density at radius 3 is 2.61 bits per heavy atom. The second-order valence-electron chi connectivity index (χ2n) is 3.66. The van der Waals surface area contributed by atoms with E-state index in [9.17, 15) is 0 Å². The van der Waals surface area contributed by atoms with Crippen molar-refractivity contribution in [3.8, 4) is 6.07 Å². The van der Waals surface area contributed by atoms with Gasteiger partial charge in [0.25, 0.3) is 0 Å². The van der Waals surface area contributed by atoms with E-state index < -0.39 is 0 Å². The first-order chi connectivity index (χ1) is 8.60. The minimum Gasteiger partial charge on any atom is -0.398 e. The summed E-state index contributed by atoms with van der Waals surface area (Å²) in [6, 6.07) is 12.9. The Morgan fingerprint density at radius 2 is 2.00 bits per heavy atom. The second-order valence-corrected chi connectivity index (χ2v) is 5.26. The van der Waals surface area contributed by atoms with Crippen LogP contribution in [-0.4, -0.2) is 0 Å². The zero-order valence-corrected chi connectivity index (χ0v) is 12.2. The van der Waals surface area contributed by atoms with Crippen molar-refractivity contribution >= 4 is 51.3 Å². The van der Waals surface area contributed by atoms with Crippen LogP contribution < -0.4 is 11.1 Å². The molecule has 2 aromatic rings. The van der Waals surface area contributed by atoms with Crippen molar-refractivity contribution in [1.82, 2.24) is 0 Å². The molecule has 0 heterocycles. The number of hydrogen-bond donors (Lipinski definition) is 2. The lowest BCUT2D eigenvalue weighted by atomic mass is 10.2. The zero-order valence-electron chi connectivity index (χ0n) is 9.24. The van der Waals surface area contributed by atoms with Crippen LogP contribution in [0.2, 0.25) is 5.02 Å². The molecule has 0 atom stereocenters. The molecule has 0 saturated heterocycles. The minimum atomic E-state index is 0.464. The topological polar surface area (TPSA) is 61.8 Å². The highest BCUT2D eigenvalue weighted by Crippen LogP contribution is 2.27. The van der Waals surface area contributed by atoms with Gasteiger partial charge in [-0.15, -0.1) is 0 Å². The summed E-state index contributed by atoms with van der Waals surface area (Å²) < 4.78 is 1.02. The summed E-state index contributed by atoms with van der Waals surface area (Å²) in [5.74, 6) is 0. The molecular formula is C13H9ClIN3. The molecule has 18 heavy (non-hydrogen) atoms. The predicted octanol–water partition coefficient (Wildman–Crippen LogP) is 4.14. The van der Waals surface area contributed by atoms with Gasteiger partial charge in [0, 0.05) is 14.3 Å². The number of halogens is 2. The van der Waals surface area contributed by atoms with Gasteiger partial charge in [0.15, 0.2) is 0 Å². The molecule has 2 rings (SSSR count). The van der Waals surface area contributed by atoms with E-state index in [0.29, 0.717) is 16.3 Å². The van der Waals surface area contributed by atoms with Crippen molar-refractivity contribution in [2.45, 2.75) is 0 Å². The first-order valence-electron chi connectivity index (χ1n) is 5.12. The van der Waals surface area contributed by atoms with E-state index in [1.54, 1.807) is 12.1 Å². The van der Waals surface area contributed by atoms with E-state index in [1.165, 1.54) is 0 Å². The lowest BCUT2D eigenvalue weighted by molar-refractivity contribution is 1.47. The van der Waals surface area contributed by atoms with E-state index in [1.807, 2.05) is 30.3 Å². The number of rotatable bonds is 2. The molecule has 90 valence electrons. The van der Waals surface area contributed by atoms with Crippen LogP contribution in [0.5, 0.6) is 0 Å². The molecule has 3 N–H and O–H groups in total. The van der Waals surface area contributed by atoms with E-state index in [0.717, 1.165) is 14.9 Å². The first kappa shape index (κ1) is 13.0. The maximum Gasteiger partial charge on any atom is 0.101 e. The number of nitrogens with two attached hydrogens (primary N) is 1. The van der Waals surface area contributed by atoms with Crippen LogP contribution in [0.3, 0.4) is 0 Å². The number of benzene rings is 2. The van der Waals surface area contributed by atoms with Crippen LogP contribution in [0.15, 0.2) is 36.4 Å². The van der Waals surface area contributed by atoms with Gasteiger partial charge >= 0.3 is 0 Å². The SMILES string of the molecule is N#Cc1ccc(Nc2ccc(Cl)cc2I)cc1N. The van der Waals surface area contributed by atoms with Crippen LogP contribution in [0.25, 0.3) is 0 Å². The Kier molecular flexibility index (Phi) is 3.94. The summed E-state index contributed by atoms with van der Waals surface area (Å²) in [6.07, 6.45) is 0.